The second-order valence-corrected chi connectivity index (χ2v) is 8.24. The quantitative estimate of drug-likeness (QED) is 0.338. The molecule has 0 radical (unpaired) electrons. The molecule has 4 heteroatoms. The molecule has 0 atom stereocenters. The highest BCUT2D eigenvalue weighted by Crippen LogP contribution is 2.50. The lowest BCUT2D eigenvalue weighted by Crippen LogP contribution is -2.28. The van der Waals surface area contributed by atoms with E-state index in [0.29, 0.717) is 6.61 Å². The third kappa shape index (κ3) is 7.94. The Bertz CT molecular complexity index is 178. The van der Waals surface area contributed by atoms with Gasteiger partial charge >= 0.3 is 0 Å². The van der Waals surface area contributed by atoms with Crippen molar-refractivity contribution in [3.63, 3.8) is 0 Å². The molecule has 0 N–H and O–H groups in total. The maximum absolute atomic E-state index is 10.0. The van der Waals surface area contributed by atoms with Crippen LogP contribution >= 0.6 is 7.26 Å². The molecule has 0 aromatic rings. The van der Waals surface area contributed by atoms with Gasteiger partial charge in [0.05, 0.1) is 31.5 Å². The number of allylic oxidation sites excluding steroid dienone is 1. The summed E-state index contributed by atoms with van der Waals surface area (Å²) in [6.45, 7) is 8.30. The van der Waals surface area contributed by atoms with Gasteiger partial charge in [0.15, 0.2) is 0 Å². The minimum absolute atomic E-state index is 0.298. The van der Waals surface area contributed by atoms with Crippen LogP contribution in [0.4, 0.5) is 0 Å². The van der Waals surface area contributed by atoms with E-state index in [2.05, 4.69) is 19.9 Å². The summed E-state index contributed by atoms with van der Waals surface area (Å²) in [5.41, 5.74) is 0. The molecule has 0 unspecified atom stereocenters. The van der Waals surface area contributed by atoms with E-state index in [1.165, 1.54) is 0 Å². The second kappa shape index (κ2) is 6.11. The van der Waals surface area contributed by atoms with Crippen molar-refractivity contribution in [2.75, 3.05) is 38.9 Å². The predicted molar refractivity (Wildman–Crippen MR) is 54.5 cm³/mol. The maximum Gasteiger partial charge on any atom is 0.0863 e. The minimum Gasteiger partial charge on any atom is -0.548 e. The third-order valence-electron chi connectivity index (χ3n) is 1.68. The first-order valence-electron chi connectivity index (χ1n) is 4.18. The zero-order valence-corrected chi connectivity index (χ0v) is 9.18. The van der Waals surface area contributed by atoms with Gasteiger partial charge in [0.1, 0.15) is 0 Å². The number of aliphatic carboxylic acids is 1. The number of carbonyl (C=O) groups excluding carboxylic acids is 1. The molecule has 0 rings (SSSR count). The fourth-order valence-corrected chi connectivity index (χ4v) is 2.41. The van der Waals surface area contributed by atoms with Crippen molar-refractivity contribution >= 4 is 13.2 Å². The molecule has 0 fully saturated rings. The number of carbonyl (C=O) groups is 1. The summed E-state index contributed by atoms with van der Waals surface area (Å²) in [4.78, 5) is 10.0. The van der Waals surface area contributed by atoms with E-state index in [1.807, 2.05) is 6.08 Å². The van der Waals surface area contributed by atoms with Gasteiger partial charge in [-0.1, -0.05) is 12.7 Å². The Morgan fingerprint density at radius 2 is 2.23 bits per heavy atom. The molecule has 3 nitrogen and oxygen atoms in total. The van der Waals surface area contributed by atoms with Crippen LogP contribution in [0.5, 0.6) is 0 Å². The Labute approximate surface area is 80.1 Å². The van der Waals surface area contributed by atoms with Gasteiger partial charge in [0.2, 0.25) is 0 Å². The van der Waals surface area contributed by atoms with E-state index in [4.69, 9.17) is 4.74 Å². The summed E-state index contributed by atoms with van der Waals surface area (Å²) in [7, 11) is -0.959. The van der Waals surface area contributed by atoms with Gasteiger partial charge in [-0.3, -0.25) is 0 Å². The highest BCUT2D eigenvalue weighted by atomic mass is 31.2. The largest absolute Gasteiger partial charge is 0.548 e. The van der Waals surface area contributed by atoms with Crippen LogP contribution in [0, 0.1) is 0 Å². The van der Waals surface area contributed by atoms with E-state index in [9.17, 15) is 9.90 Å². The average Bonchev–Trinajstić information content (AvgIpc) is 1.98. The molecular weight excluding hydrogens is 187 g/mol. The van der Waals surface area contributed by atoms with E-state index in [1.54, 1.807) is 0 Å². The van der Waals surface area contributed by atoms with E-state index in [-0.39, 0.29) is 6.61 Å². The second-order valence-electron chi connectivity index (χ2n) is 3.56. The van der Waals surface area contributed by atoms with Crippen LogP contribution in [0.1, 0.15) is 0 Å². The summed E-state index contributed by atoms with van der Waals surface area (Å²) < 4.78 is 4.91. The van der Waals surface area contributed by atoms with Gasteiger partial charge in [-0.15, -0.1) is 0 Å². The van der Waals surface area contributed by atoms with Crippen molar-refractivity contribution in [3.05, 3.63) is 12.7 Å². The van der Waals surface area contributed by atoms with Gasteiger partial charge in [-0.05, 0) is 0 Å². The van der Waals surface area contributed by atoms with Gasteiger partial charge in [0.25, 0.3) is 0 Å². The monoisotopic (exact) mass is 204 g/mol. The fourth-order valence-electron chi connectivity index (χ4n) is 0.908. The Balaban J connectivity index is 3.51. The van der Waals surface area contributed by atoms with Gasteiger partial charge in [-0.25, -0.2) is 0 Å². The summed E-state index contributed by atoms with van der Waals surface area (Å²) in [5, 5.41) is 10.0. The van der Waals surface area contributed by atoms with Crippen LogP contribution in [0.2, 0.25) is 0 Å². The first-order chi connectivity index (χ1) is 5.98. The lowest BCUT2D eigenvalue weighted by Gasteiger charge is -2.15. The minimum atomic E-state index is -1.15. The number of carboxylic acid groups (broad SMARTS) is 1. The molecule has 0 aliphatic carbocycles. The normalized spacial score (nSPS) is 11.2. The van der Waals surface area contributed by atoms with E-state index < -0.39 is 13.2 Å². The third-order valence-corrected chi connectivity index (χ3v) is 4.32. The molecule has 0 spiro atoms. The highest BCUT2D eigenvalue weighted by Gasteiger charge is 2.22. The van der Waals surface area contributed by atoms with Gasteiger partial charge in [0, 0.05) is 20.6 Å². The Morgan fingerprint density at radius 3 is 2.69 bits per heavy atom. The molecule has 13 heavy (non-hydrogen) atoms. The van der Waals surface area contributed by atoms with Crippen LogP contribution in [-0.2, 0) is 9.53 Å². The zero-order chi connectivity index (χ0) is 10.3. The molecule has 0 saturated heterocycles. The molecule has 0 aliphatic heterocycles. The molecule has 0 amide bonds. The topological polar surface area (TPSA) is 49.4 Å². The number of ether oxygens (including phenoxy) is 1. The van der Waals surface area contributed by atoms with Crippen molar-refractivity contribution < 1.29 is 14.6 Å². The SMILES string of the molecule is C=CC[P+](C)(C)CCOCC(=O)[O-]. The molecule has 76 valence electrons. The van der Waals surface area contributed by atoms with Crippen molar-refractivity contribution in [1.82, 2.24) is 0 Å². The summed E-state index contributed by atoms with van der Waals surface area (Å²) >= 11 is 0. The van der Waals surface area contributed by atoms with Crippen molar-refractivity contribution in [2.45, 2.75) is 0 Å². The van der Waals surface area contributed by atoms with E-state index >= 15 is 0 Å². The average molecular weight is 204 g/mol. The number of carboxylic acids is 1. The van der Waals surface area contributed by atoms with Crippen LogP contribution in [0.3, 0.4) is 0 Å². The summed E-state index contributed by atoms with van der Waals surface area (Å²) in [6, 6.07) is 0. The first kappa shape index (κ1) is 12.6. The maximum atomic E-state index is 10.0. The fraction of sp³-hybridized carbons (Fsp3) is 0.667. The predicted octanol–water partition coefficient (Wildman–Crippen LogP) is 0.216. The molecule has 0 heterocycles. The molecular formula is C9H17O3P. The highest BCUT2D eigenvalue weighted by molar-refractivity contribution is 7.74. The molecule has 0 bridgehead atoms. The van der Waals surface area contributed by atoms with Gasteiger partial charge in [-0.2, -0.15) is 0 Å². The van der Waals surface area contributed by atoms with Crippen LogP contribution < -0.4 is 5.11 Å². The molecule has 0 aromatic heterocycles. The lowest BCUT2D eigenvalue weighted by molar-refractivity contribution is -0.309. The van der Waals surface area contributed by atoms with Crippen molar-refractivity contribution in [1.29, 1.82) is 0 Å². The van der Waals surface area contributed by atoms with Crippen molar-refractivity contribution in [2.24, 2.45) is 0 Å². The standard InChI is InChI=1S/C9H17O3P/c1-4-6-13(2,3)7-5-12-8-9(10)11/h4H,1,5-8H2,2-3H3. The number of hydrogen-bond acceptors (Lipinski definition) is 3. The summed E-state index contributed by atoms with van der Waals surface area (Å²) in [6.07, 6.45) is 3.86. The van der Waals surface area contributed by atoms with E-state index in [0.717, 1.165) is 12.3 Å². The number of rotatable bonds is 7. The van der Waals surface area contributed by atoms with Crippen LogP contribution in [0.25, 0.3) is 0 Å². The zero-order valence-electron chi connectivity index (χ0n) is 8.28. The Morgan fingerprint density at radius 1 is 1.62 bits per heavy atom. The van der Waals surface area contributed by atoms with Crippen LogP contribution in [-0.4, -0.2) is 44.8 Å². The Hall–Kier alpha value is -0.400. The van der Waals surface area contributed by atoms with Crippen LogP contribution in [0.15, 0.2) is 12.7 Å². The molecule has 0 saturated carbocycles. The lowest BCUT2D eigenvalue weighted by atomic mass is 10.7. The molecule has 0 aliphatic rings. The number of hydrogen-bond donors (Lipinski definition) is 0. The molecule has 0 aromatic carbocycles. The van der Waals surface area contributed by atoms with Crippen molar-refractivity contribution in [3.8, 4) is 0 Å². The van der Waals surface area contributed by atoms with Gasteiger partial charge < -0.3 is 14.6 Å². The smallest absolute Gasteiger partial charge is 0.0863 e. The summed E-state index contributed by atoms with van der Waals surface area (Å²) in [5.74, 6) is -1.15. The first-order valence-corrected chi connectivity index (χ1v) is 7.24. The Kier molecular flexibility index (Phi) is 5.93.